The third kappa shape index (κ3) is 7.48. The minimum atomic E-state index is -0.246. The van der Waals surface area contributed by atoms with Crippen LogP contribution in [0.2, 0.25) is 0 Å². The smallest absolute Gasteiger partial charge is 0.251 e. The second-order valence-corrected chi connectivity index (χ2v) is 7.97. The van der Waals surface area contributed by atoms with Gasteiger partial charge in [-0.1, -0.05) is 49.4 Å². The number of rotatable bonds is 10. The first-order valence-electron chi connectivity index (χ1n) is 11.3. The zero-order valence-corrected chi connectivity index (χ0v) is 19.4. The highest BCUT2D eigenvalue weighted by atomic mass is 16.2. The molecule has 0 aliphatic heterocycles. The van der Waals surface area contributed by atoms with Crippen molar-refractivity contribution in [2.45, 2.75) is 32.7 Å². The van der Waals surface area contributed by atoms with E-state index in [1.54, 1.807) is 48.5 Å². The van der Waals surface area contributed by atoms with Crippen LogP contribution in [0.3, 0.4) is 0 Å². The Hall–Kier alpha value is -4.13. The van der Waals surface area contributed by atoms with Crippen molar-refractivity contribution in [3.8, 4) is 0 Å². The first-order valence-corrected chi connectivity index (χ1v) is 11.3. The Balaban J connectivity index is 1.53. The van der Waals surface area contributed by atoms with Crippen molar-refractivity contribution in [3.63, 3.8) is 0 Å². The molecule has 1 unspecified atom stereocenters. The second-order valence-electron chi connectivity index (χ2n) is 7.97. The zero-order chi connectivity index (χ0) is 24.3. The molecule has 0 aliphatic rings. The number of anilines is 3. The molecule has 0 heterocycles. The van der Waals surface area contributed by atoms with Crippen molar-refractivity contribution in [2.75, 3.05) is 22.5 Å². The first kappa shape index (κ1) is 24.5. The highest BCUT2D eigenvalue weighted by Crippen LogP contribution is 2.17. The Morgan fingerprint density at radius 2 is 1.41 bits per heavy atom. The fourth-order valence-corrected chi connectivity index (χ4v) is 3.39. The number of carbonyl (C=O) groups is 3. The number of hydrogen-bond donors (Lipinski definition) is 4. The molecule has 3 rings (SSSR count). The van der Waals surface area contributed by atoms with Gasteiger partial charge in [0.25, 0.3) is 5.91 Å². The summed E-state index contributed by atoms with van der Waals surface area (Å²) in [7, 11) is 0. The van der Waals surface area contributed by atoms with E-state index in [2.05, 4.69) is 21.3 Å². The minimum absolute atomic E-state index is 0.0257. The molecule has 0 bridgehead atoms. The van der Waals surface area contributed by atoms with E-state index < -0.39 is 0 Å². The fourth-order valence-electron chi connectivity index (χ4n) is 3.39. The molecule has 0 saturated carbocycles. The summed E-state index contributed by atoms with van der Waals surface area (Å²) >= 11 is 0. The van der Waals surface area contributed by atoms with Crippen molar-refractivity contribution < 1.29 is 14.4 Å². The van der Waals surface area contributed by atoms with Crippen molar-refractivity contribution in [3.05, 3.63) is 90.0 Å². The molecule has 4 N–H and O–H groups in total. The van der Waals surface area contributed by atoms with Crippen LogP contribution in [0.4, 0.5) is 17.1 Å². The lowest BCUT2D eigenvalue weighted by atomic mass is 10.1. The van der Waals surface area contributed by atoms with E-state index in [-0.39, 0.29) is 30.3 Å². The van der Waals surface area contributed by atoms with Crippen LogP contribution in [0.15, 0.2) is 78.9 Å². The van der Waals surface area contributed by atoms with Gasteiger partial charge >= 0.3 is 0 Å². The van der Waals surface area contributed by atoms with E-state index in [0.717, 1.165) is 12.0 Å². The topological polar surface area (TPSA) is 99.3 Å². The predicted molar refractivity (Wildman–Crippen MR) is 136 cm³/mol. The Morgan fingerprint density at radius 1 is 0.765 bits per heavy atom. The Bertz CT molecular complexity index is 1130. The van der Waals surface area contributed by atoms with Crippen LogP contribution in [0.5, 0.6) is 0 Å². The van der Waals surface area contributed by atoms with Crippen LogP contribution in [-0.2, 0) is 9.59 Å². The molecule has 3 amide bonds. The van der Waals surface area contributed by atoms with Crippen molar-refractivity contribution in [1.29, 1.82) is 0 Å². The highest BCUT2D eigenvalue weighted by molar-refractivity contribution is 5.97. The van der Waals surface area contributed by atoms with Crippen molar-refractivity contribution in [1.82, 2.24) is 5.32 Å². The SMILES string of the molecule is CCCC(=O)Nc1cccc(NC(=O)CNc2cccc(C(=O)NC(C)c3ccccc3)c2)c1. The summed E-state index contributed by atoms with van der Waals surface area (Å²) < 4.78 is 0. The van der Waals surface area contributed by atoms with E-state index in [1.165, 1.54) is 0 Å². The summed E-state index contributed by atoms with van der Waals surface area (Å²) in [6, 6.07) is 23.6. The average molecular weight is 459 g/mol. The molecule has 3 aromatic rings. The third-order valence-corrected chi connectivity index (χ3v) is 5.13. The largest absolute Gasteiger partial charge is 0.376 e. The average Bonchev–Trinajstić information content (AvgIpc) is 2.84. The van der Waals surface area contributed by atoms with Crippen LogP contribution < -0.4 is 21.3 Å². The van der Waals surface area contributed by atoms with Crippen LogP contribution in [0.25, 0.3) is 0 Å². The van der Waals surface area contributed by atoms with Gasteiger partial charge in [-0.25, -0.2) is 0 Å². The number of hydrogen-bond acceptors (Lipinski definition) is 4. The van der Waals surface area contributed by atoms with Gasteiger partial charge in [-0.15, -0.1) is 0 Å². The van der Waals surface area contributed by atoms with E-state index in [1.807, 2.05) is 44.2 Å². The normalized spacial score (nSPS) is 11.2. The maximum Gasteiger partial charge on any atom is 0.251 e. The summed E-state index contributed by atoms with van der Waals surface area (Å²) in [4.78, 5) is 36.8. The molecule has 7 heteroatoms. The lowest BCUT2D eigenvalue weighted by Gasteiger charge is -2.15. The summed E-state index contributed by atoms with van der Waals surface area (Å²) in [6.07, 6.45) is 1.21. The first-order chi connectivity index (χ1) is 16.4. The summed E-state index contributed by atoms with van der Waals surface area (Å²) in [5, 5.41) is 11.7. The van der Waals surface area contributed by atoms with Gasteiger partial charge in [0, 0.05) is 29.0 Å². The Kier molecular flexibility index (Phi) is 8.80. The molecule has 0 spiro atoms. The molecule has 0 radical (unpaired) electrons. The Morgan fingerprint density at radius 3 is 2.12 bits per heavy atom. The lowest BCUT2D eigenvalue weighted by molar-refractivity contribution is -0.116. The molecule has 34 heavy (non-hydrogen) atoms. The molecule has 0 fully saturated rings. The lowest BCUT2D eigenvalue weighted by Crippen LogP contribution is -2.26. The molecular formula is C27H30N4O3. The molecular weight excluding hydrogens is 428 g/mol. The number of benzene rings is 3. The monoisotopic (exact) mass is 458 g/mol. The quantitative estimate of drug-likeness (QED) is 0.345. The fraction of sp³-hybridized carbons (Fsp3) is 0.222. The maximum atomic E-state index is 12.7. The van der Waals surface area contributed by atoms with Crippen LogP contribution in [0, 0.1) is 0 Å². The summed E-state index contributed by atoms with van der Waals surface area (Å²) in [5.74, 6) is -0.495. The van der Waals surface area contributed by atoms with Gasteiger partial charge in [0.05, 0.1) is 12.6 Å². The van der Waals surface area contributed by atoms with Gasteiger partial charge in [0.1, 0.15) is 0 Å². The second kappa shape index (κ2) is 12.2. The van der Waals surface area contributed by atoms with E-state index in [9.17, 15) is 14.4 Å². The number of amides is 3. The predicted octanol–water partition coefficient (Wildman–Crippen LogP) is 4.97. The van der Waals surface area contributed by atoms with E-state index in [0.29, 0.717) is 29.0 Å². The van der Waals surface area contributed by atoms with Gasteiger partial charge in [-0.05, 0) is 55.3 Å². The number of nitrogens with one attached hydrogen (secondary N) is 4. The van der Waals surface area contributed by atoms with E-state index in [4.69, 9.17) is 0 Å². The minimum Gasteiger partial charge on any atom is -0.376 e. The molecule has 1 atom stereocenters. The molecule has 7 nitrogen and oxygen atoms in total. The van der Waals surface area contributed by atoms with E-state index >= 15 is 0 Å². The summed E-state index contributed by atoms with van der Waals surface area (Å²) in [6.45, 7) is 3.90. The molecule has 0 saturated heterocycles. The molecule has 0 aliphatic carbocycles. The third-order valence-electron chi connectivity index (χ3n) is 5.13. The molecule has 0 aromatic heterocycles. The van der Waals surface area contributed by atoms with Crippen LogP contribution in [-0.4, -0.2) is 24.3 Å². The highest BCUT2D eigenvalue weighted by Gasteiger charge is 2.12. The van der Waals surface area contributed by atoms with Crippen molar-refractivity contribution >= 4 is 34.8 Å². The maximum absolute atomic E-state index is 12.7. The standard InChI is InChI=1S/C27H30N4O3/c1-3-9-25(32)30-23-14-8-15-24(17-23)31-26(33)18-28-22-13-7-12-21(16-22)27(34)29-19(2)20-10-5-4-6-11-20/h4-8,10-17,19,28H,3,9,18H2,1-2H3,(H,29,34)(H,30,32)(H,31,33). The van der Waals surface area contributed by atoms with Gasteiger partial charge in [-0.3, -0.25) is 14.4 Å². The van der Waals surface area contributed by atoms with Crippen LogP contribution in [0.1, 0.15) is 48.7 Å². The number of carbonyl (C=O) groups excluding carboxylic acids is 3. The van der Waals surface area contributed by atoms with Crippen molar-refractivity contribution in [2.24, 2.45) is 0 Å². The summed E-state index contributed by atoms with van der Waals surface area (Å²) in [5.41, 5.74) is 3.41. The van der Waals surface area contributed by atoms with Crippen LogP contribution >= 0.6 is 0 Å². The Labute approximate surface area is 200 Å². The van der Waals surface area contributed by atoms with Gasteiger partial charge < -0.3 is 21.3 Å². The van der Waals surface area contributed by atoms with Gasteiger partial charge in [-0.2, -0.15) is 0 Å². The molecule has 176 valence electrons. The van der Waals surface area contributed by atoms with Gasteiger partial charge in [0.15, 0.2) is 0 Å². The zero-order valence-electron chi connectivity index (χ0n) is 19.4. The van der Waals surface area contributed by atoms with Gasteiger partial charge in [0.2, 0.25) is 11.8 Å². The molecule has 3 aromatic carbocycles.